The van der Waals surface area contributed by atoms with Crippen LogP contribution in [0.15, 0.2) is 65.8 Å². The third kappa shape index (κ3) is 7.60. The summed E-state index contributed by atoms with van der Waals surface area (Å²) < 4.78 is 16.8. The molecule has 0 saturated carbocycles. The van der Waals surface area contributed by atoms with Crippen LogP contribution in [0.2, 0.25) is 0 Å². The van der Waals surface area contributed by atoms with Crippen LogP contribution in [0.4, 0.5) is 0 Å². The molecule has 0 heterocycles. The molecule has 0 atom stereocenters. The van der Waals surface area contributed by atoms with E-state index in [-0.39, 0.29) is 24.7 Å². The number of nitrogens with zero attached hydrogens (tertiary/aromatic N) is 1. The van der Waals surface area contributed by atoms with Crippen molar-refractivity contribution in [2.24, 2.45) is 5.10 Å². The number of nitrogens with one attached hydrogen (secondary N) is 1. The summed E-state index contributed by atoms with van der Waals surface area (Å²) in [5.41, 5.74) is 6.42. The lowest BCUT2D eigenvalue weighted by Crippen LogP contribution is -2.24. The van der Waals surface area contributed by atoms with Gasteiger partial charge in [-0.1, -0.05) is 25.1 Å². The lowest BCUT2D eigenvalue weighted by Gasteiger charge is -2.11. The van der Waals surface area contributed by atoms with Crippen LogP contribution in [0.5, 0.6) is 17.2 Å². The fraction of sp³-hybridized carbons (Fsp3) is 0.222. The van der Waals surface area contributed by atoms with Gasteiger partial charge in [-0.25, -0.2) is 10.2 Å². The van der Waals surface area contributed by atoms with E-state index in [0.29, 0.717) is 22.8 Å². The topological polar surface area (TPSA) is 106 Å². The van der Waals surface area contributed by atoms with Crippen molar-refractivity contribution in [3.8, 4) is 17.2 Å². The van der Waals surface area contributed by atoms with E-state index in [1.54, 1.807) is 30.3 Å². The quantitative estimate of drug-likeness (QED) is 0.314. The Kier molecular flexibility index (Phi) is 8.83. The van der Waals surface area contributed by atoms with E-state index in [2.05, 4.69) is 23.5 Å². The van der Waals surface area contributed by atoms with Crippen molar-refractivity contribution in [1.29, 1.82) is 0 Å². The number of ether oxygens (including phenoxy) is 3. The molecule has 0 spiro atoms. The molecular formula is C27H28N2O6. The van der Waals surface area contributed by atoms with Gasteiger partial charge < -0.3 is 19.3 Å². The summed E-state index contributed by atoms with van der Waals surface area (Å²) in [6.07, 6.45) is 2.39. The molecule has 0 aromatic heterocycles. The van der Waals surface area contributed by atoms with Crippen molar-refractivity contribution in [2.75, 3.05) is 13.7 Å². The molecule has 0 aliphatic rings. The number of hydrazone groups is 1. The molecule has 0 fully saturated rings. The Bertz CT molecular complexity index is 1200. The minimum absolute atomic E-state index is 0.145. The molecule has 2 N–H and O–H groups in total. The number of hydrogen-bond acceptors (Lipinski definition) is 6. The molecule has 8 nitrogen and oxygen atoms in total. The second kappa shape index (κ2) is 12.2. The van der Waals surface area contributed by atoms with Crippen molar-refractivity contribution in [3.05, 3.63) is 88.5 Å². The van der Waals surface area contributed by atoms with E-state index in [9.17, 15) is 9.59 Å². The van der Waals surface area contributed by atoms with Gasteiger partial charge in [0.05, 0.1) is 18.9 Å². The van der Waals surface area contributed by atoms with Crippen LogP contribution in [0.25, 0.3) is 0 Å². The molecule has 8 heteroatoms. The van der Waals surface area contributed by atoms with Crippen LogP contribution in [-0.4, -0.2) is 36.9 Å². The average Bonchev–Trinajstić information content (AvgIpc) is 2.86. The summed E-state index contributed by atoms with van der Waals surface area (Å²) in [6.45, 7) is 4.16. The van der Waals surface area contributed by atoms with Crippen LogP contribution in [0.3, 0.4) is 0 Å². The van der Waals surface area contributed by atoms with Crippen LogP contribution >= 0.6 is 0 Å². The van der Waals surface area contributed by atoms with Crippen LogP contribution < -0.4 is 19.6 Å². The first-order valence-corrected chi connectivity index (χ1v) is 11.1. The van der Waals surface area contributed by atoms with E-state index in [0.717, 1.165) is 23.1 Å². The Balaban J connectivity index is 1.52. The van der Waals surface area contributed by atoms with Crippen molar-refractivity contribution in [3.63, 3.8) is 0 Å². The number of rotatable bonds is 11. The summed E-state index contributed by atoms with van der Waals surface area (Å²) in [4.78, 5) is 23.0. The Morgan fingerprint density at radius 1 is 0.971 bits per heavy atom. The maximum atomic E-state index is 12.1. The van der Waals surface area contributed by atoms with Crippen LogP contribution in [0, 0.1) is 6.92 Å². The van der Waals surface area contributed by atoms with E-state index in [1.807, 2.05) is 19.1 Å². The van der Waals surface area contributed by atoms with Gasteiger partial charge in [-0.05, 0) is 78.1 Å². The average molecular weight is 477 g/mol. The number of methoxy groups -OCH3 is 1. The number of aromatic carboxylic acids is 1. The Morgan fingerprint density at radius 2 is 1.74 bits per heavy atom. The van der Waals surface area contributed by atoms with Gasteiger partial charge in [0.25, 0.3) is 5.91 Å². The third-order valence-electron chi connectivity index (χ3n) is 5.07. The standard InChI is InChI=1S/C27H28N2O6/c1-4-19-11-18(2)12-23(13-19)34-17-26(30)29-28-15-21-7-10-24(25(14-21)33-3)35-16-20-5-8-22(9-6-20)27(31)32/h5-15H,4,16-17H2,1-3H3,(H,29,30)(H,31,32). The molecule has 0 radical (unpaired) electrons. The van der Waals surface area contributed by atoms with Gasteiger partial charge in [0.15, 0.2) is 18.1 Å². The molecule has 0 saturated heterocycles. The first-order valence-electron chi connectivity index (χ1n) is 11.1. The normalized spacial score (nSPS) is 10.7. The molecule has 3 aromatic rings. The zero-order valence-electron chi connectivity index (χ0n) is 19.9. The Hall–Kier alpha value is -4.33. The summed E-state index contributed by atoms with van der Waals surface area (Å²) in [7, 11) is 1.53. The lowest BCUT2D eigenvalue weighted by atomic mass is 10.1. The van der Waals surface area contributed by atoms with Gasteiger partial charge in [-0.2, -0.15) is 5.10 Å². The second-order valence-corrected chi connectivity index (χ2v) is 7.79. The monoisotopic (exact) mass is 476 g/mol. The minimum atomic E-state index is -0.975. The van der Waals surface area contributed by atoms with Crippen LogP contribution in [0.1, 0.15) is 39.5 Å². The van der Waals surface area contributed by atoms with E-state index in [1.165, 1.54) is 25.5 Å². The molecule has 3 aromatic carbocycles. The molecule has 1 amide bonds. The Morgan fingerprint density at radius 3 is 2.43 bits per heavy atom. The van der Waals surface area contributed by atoms with Crippen molar-refractivity contribution in [2.45, 2.75) is 26.9 Å². The van der Waals surface area contributed by atoms with Crippen molar-refractivity contribution >= 4 is 18.1 Å². The molecule has 0 aliphatic carbocycles. The number of carboxylic acid groups (broad SMARTS) is 1. The zero-order chi connectivity index (χ0) is 25.2. The van der Waals surface area contributed by atoms with Gasteiger partial charge in [0.2, 0.25) is 0 Å². The summed E-state index contributed by atoms with van der Waals surface area (Å²) in [5, 5.41) is 13.0. The lowest BCUT2D eigenvalue weighted by molar-refractivity contribution is -0.123. The highest BCUT2D eigenvalue weighted by Gasteiger charge is 2.08. The van der Waals surface area contributed by atoms with Crippen molar-refractivity contribution < 1.29 is 28.9 Å². The van der Waals surface area contributed by atoms with Gasteiger partial charge in [-0.15, -0.1) is 0 Å². The number of amides is 1. The smallest absolute Gasteiger partial charge is 0.335 e. The first-order chi connectivity index (χ1) is 16.9. The highest BCUT2D eigenvalue weighted by molar-refractivity contribution is 5.87. The van der Waals surface area contributed by atoms with E-state index < -0.39 is 5.97 Å². The maximum Gasteiger partial charge on any atom is 0.335 e. The first kappa shape index (κ1) is 25.3. The number of carbonyl (C=O) groups is 2. The fourth-order valence-corrected chi connectivity index (χ4v) is 3.26. The maximum absolute atomic E-state index is 12.1. The molecule has 0 aliphatic heterocycles. The molecule has 35 heavy (non-hydrogen) atoms. The molecule has 0 unspecified atom stereocenters. The number of benzene rings is 3. The molecule has 182 valence electrons. The highest BCUT2D eigenvalue weighted by Crippen LogP contribution is 2.28. The second-order valence-electron chi connectivity index (χ2n) is 7.79. The van der Waals surface area contributed by atoms with Gasteiger partial charge in [-0.3, -0.25) is 4.79 Å². The largest absolute Gasteiger partial charge is 0.493 e. The van der Waals surface area contributed by atoms with Gasteiger partial charge in [0, 0.05) is 0 Å². The van der Waals surface area contributed by atoms with Gasteiger partial charge in [0.1, 0.15) is 12.4 Å². The summed E-state index contributed by atoms with van der Waals surface area (Å²) in [6, 6.07) is 17.6. The summed E-state index contributed by atoms with van der Waals surface area (Å²) >= 11 is 0. The number of carboxylic acids is 1. The zero-order valence-corrected chi connectivity index (χ0v) is 19.9. The van der Waals surface area contributed by atoms with Gasteiger partial charge >= 0.3 is 5.97 Å². The number of carbonyl (C=O) groups excluding carboxylic acids is 1. The van der Waals surface area contributed by atoms with Crippen molar-refractivity contribution in [1.82, 2.24) is 5.43 Å². The number of hydrogen-bond donors (Lipinski definition) is 2. The predicted octanol–water partition coefficient (Wildman–Crippen LogP) is 4.37. The summed E-state index contributed by atoms with van der Waals surface area (Å²) in [5.74, 6) is 0.323. The SMILES string of the molecule is CCc1cc(C)cc(OCC(=O)NN=Cc2ccc(OCc3ccc(C(=O)O)cc3)c(OC)c2)c1. The fourth-order valence-electron chi connectivity index (χ4n) is 3.26. The molecular weight excluding hydrogens is 448 g/mol. The van der Waals surface area contributed by atoms with E-state index in [4.69, 9.17) is 19.3 Å². The minimum Gasteiger partial charge on any atom is -0.493 e. The Labute approximate surface area is 204 Å². The van der Waals surface area contributed by atoms with Crippen LogP contribution in [-0.2, 0) is 17.8 Å². The predicted molar refractivity (Wildman–Crippen MR) is 133 cm³/mol. The third-order valence-corrected chi connectivity index (χ3v) is 5.07. The van der Waals surface area contributed by atoms with E-state index >= 15 is 0 Å². The number of aryl methyl sites for hydroxylation is 2. The highest BCUT2D eigenvalue weighted by atomic mass is 16.5. The molecule has 0 bridgehead atoms. The molecule has 3 rings (SSSR count).